The van der Waals surface area contributed by atoms with Crippen LogP contribution in [0, 0.1) is 10.1 Å². The van der Waals surface area contributed by atoms with E-state index in [4.69, 9.17) is 15.6 Å². The van der Waals surface area contributed by atoms with Crippen molar-refractivity contribution in [3.8, 4) is 0 Å². The maximum atomic E-state index is 12.3. The number of anilines is 1. The van der Waals surface area contributed by atoms with Crippen molar-refractivity contribution < 1.29 is 19.6 Å². The zero-order valence-corrected chi connectivity index (χ0v) is 11.1. The number of benzene rings is 1. The molecule has 0 bridgehead atoms. The fraction of sp³-hybridized carbons (Fsp3) is 0.417. The molecule has 1 aromatic rings. The van der Waals surface area contributed by atoms with E-state index in [0.29, 0.717) is 6.61 Å². The number of carbonyl (C=O) groups excluding carboxylic acids is 1. The van der Waals surface area contributed by atoms with Crippen LogP contribution in [0.15, 0.2) is 18.2 Å². The smallest absolute Gasteiger partial charge is 0.292 e. The molecule has 0 radical (unpaired) electrons. The Balaban J connectivity index is 3.05. The first kappa shape index (κ1) is 15.9. The van der Waals surface area contributed by atoms with Gasteiger partial charge in [-0.15, -0.1) is 0 Å². The summed E-state index contributed by atoms with van der Waals surface area (Å²) in [7, 11) is 1.49. The number of nitrogens with zero attached hydrogens (tertiary/aromatic N) is 2. The molecule has 0 aliphatic rings. The molecular formula is C12H17N3O5. The predicted octanol–water partition coefficient (Wildman–Crippen LogP) is 0.258. The van der Waals surface area contributed by atoms with Gasteiger partial charge in [-0.25, -0.2) is 0 Å². The number of hydrogen-bond acceptors (Lipinski definition) is 6. The van der Waals surface area contributed by atoms with Gasteiger partial charge in [0.1, 0.15) is 5.69 Å². The van der Waals surface area contributed by atoms with Gasteiger partial charge in [0.25, 0.3) is 11.6 Å². The first-order valence-corrected chi connectivity index (χ1v) is 5.94. The highest BCUT2D eigenvalue weighted by Crippen LogP contribution is 2.25. The van der Waals surface area contributed by atoms with Gasteiger partial charge in [-0.1, -0.05) is 6.07 Å². The van der Waals surface area contributed by atoms with Crippen molar-refractivity contribution in [3.63, 3.8) is 0 Å². The Bertz CT molecular complexity index is 492. The number of hydrogen-bond donors (Lipinski definition) is 2. The van der Waals surface area contributed by atoms with Crippen LogP contribution in [0.25, 0.3) is 0 Å². The molecule has 0 aromatic heterocycles. The summed E-state index contributed by atoms with van der Waals surface area (Å²) in [5, 5.41) is 19.8. The van der Waals surface area contributed by atoms with E-state index >= 15 is 0 Å². The molecule has 1 aromatic carbocycles. The van der Waals surface area contributed by atoms with E-state index in [2.05, 4.69) is 0 Å². The van der Waals surface area contributed by atoms with Gasteiger partial charge in [0.2, 0.25) is 0 Å². The van der Waals surface area contributed by atoms with Crippen LogP contribution >= 0.6 is 0 Å². The molecule has 0 saturated carbocycles. The van der Waals surface area contributed by atoms with E-state index in [1.807, 2.05) is 0 Å². The van der Waals surface area contributed by atoms with E-state index in [1.54, 1.807) is 0 Å². The maximum absolute atomic E-state index is 12.3. The number of nitrogen functional groups attached to an aromatic ring is 1. The number of para-hydroxylation sites is 1. The lowest BCUT2D eigenvalue weighted by molar-refractivity contribution is -0.383. The van der Waals surface area contributed by atoms with Crippen LogP contribution in [0.4, 0.5) is 11.4 Å². The second-order valence-corrected chi connectivity index (χ2v) is 4.00. The van der Waals surface area contributed by atoms with E-state index < -0.39 is 10.8 Å². The molecule has 0 saturated heterocycles. The Morgan fingerprint density at radius 2 is 2.20 bits per heavy atom. The van der Waals surface area contributed by atoms with Crippen molar-refractivity contribution in [1.29, 1.82) is 0 Å². The molecular weight excluding hydrogens is 266 g/mol. The molecule has 110 valence electrons. The minimum absolute atomic E-state index is 0.0451. The molecule has 0 atom stereocenters. The lowest BCUT2D eigenvalue weighted by atomic mass is 10.1. The topological polar surface area (TPSA) is 119 Å². The molecule has 0 aliphatic heterocycles. The van der Waals surface area contributed by atoms with Gasteiger partial charge >= 0.3 is 0 Å². The van der Waals surface area contributed by atoms with Gasteiger partial charge in [-0.3, -0.25) is 14.9 Å². The second-order valence-electron chi connectivity index (χ2n) is 4.00. The monoisotopic (exact) mass is 283 g/mol. The summed E-state index contributed by atoms with van der Waals surface area (Å²) in [5.41, 5.74) is 5.22. The molecule has 8 nitrogen and oxygen atoms in total. The SMILES string of the molecule is COCCN(CCO)C(=O)c1cccc([N+](=O)[O-])c1N. The standard InChI is InChI=1S/C12H17N3O5/c1-20-8-6-14(5-7-16)12(17)9-3-2-4-10(11(9)13)15(18)19/h2-4,16H,5-8,13H2,1H3. The molecule has 1 amide bonds. The van der Waals surface area contributed by atoms with Gasteiger partial charge in [0.05, 0.1) is 23.7 Å². The normalized spacial score (nSPS) is 10.3. The highest BCUT2D eigenvalue weighted by atomic mass is 16.6. The summed E-state index contributed by atoms with van der Waals surface area (Å²) < 4.78 is 4.88. The lowest BCUT2D eigenvalue weighted by Crippen LogP contribution is -2.36. The average molecular weight is 283 g/mol. The summed E-state index contributed by atoms with van der Waals surface area (Å²) in [5.74, 6) is -0.475. The van der Waals surface area contributed by atoms with E-state index in [-0.39, 0.29) is 36.6 Å². The number of aliphatic hydroxyl groups is 1. The van der Waals surface area contributed by atoms with Crippen molar-refractivity contribution in [3.05, 3.63) is 33.9 Å². The minimum Gasteiger partial charge on any atom is -0.395 e. The number of nitro groups is 1. The molecule has 0 aliphatic carbocycles. The Morgan fingerprint density at radius 1 is 1.50 bits per heavy atom. The summed E-state index contributed by atoms with van der Waals surface area (Å²) >= 11 is 0. The van der Waals surface area contributed by atoms with Crippen molar-refractivity contribution in [2.75, 3.05) is 39.1 Å². The Hall–Kier alpha value is -2.19. The number of amides is 1. The zero-order valence-electron chi connectivity index (χ0n) is 11.1. The summed E-state index contributed by atoms with van der Waals surface area (Å²) in [4.78, 5) is 23.8. The van der Waals surface area contributed by atoms with Crippen molar-refractivity contribution in [1.82, 2.24) is 4.90 Å². The summed E-state index contributed by atoms with van der Waals surface area (Å²) in [6.45, 7) is 0.438. The zero-order chi connectivity index (χ0) is 15.1. The Morgan fingerprint density at radius 3 is 2.75 bits per heavy atom. The highest BCUT2D eigenvalue weighted by Gasteiger charge is 2.22. The third-order valence-corrected chi connectivity index (χ3v) is 2.73. The third-order valence-electron chi connectivity index (χ3n) is 2.73. The van der Waals surface area contributed by atoms with Crippen LogP contribution in [0.1, 0.15) is 10.4 Å². The average Bonchev–Trinajstić information content (AvgIpc) is 2.42. The van der Waals surface area contributed by atoms with Crippen LogP contribution in [-0.2, 0) is 4.74 Å². The van der Waals surface area contributed by atoms with Crippen LogP contribution in [0.2, 0.25) is 0 Å². The fourth-order valence-electron chi connectivity index (χ4n) is 1.71. The highest BCUT2D eigenvalue weighted by molar-refractivity contribution is 6.01. The fourth-order valence-corrected chi connectivity index (χ4v) is 1.71. The van der Waals surface area contributed by atoms with Gasteiger partial charge in [-0.2, -0.15) is 0 Å². The minimum atomic E-state index is -0.641. The van der Waals surface area contributed by atoms with Crippen LogP contribution < -0.4 is 5.73 Å². The first-order chi connectivity index (χ1) is 9.52. The van der Waals surface area contributed by atoms with Gasteiger partial charge in [0, 0.05) is 26.3 Å². The second kappa shape index (κ2) is 7.41. The number of nitrogens with two attached hydrogens (primary N) is 1. The number of carbonyl (C=O) groups is 1. The molecule has 3 N–H and O–H groups in total. The largest absolute Gasteiger partial charge is 0.395 e. The van der Waals surface area contributed by atoms with Crippen LogP contribution in [0.3, 0.4) is 0 Å². The van der Waals surface area contributed by atoms with E-state index in [0.717, 1.165) is 0 Å². The van der Waals surface area contributed by atoms with Crippen molar-refractivity contribution in [2.45, 2.75) is 0 Å². The third kappa shape index (κ3) is 3.65. The Labute approximate surface area is 115 Å². The molecule has 0 spiro atoms. The number of nitro benzene ring substituents is 1. The number of ether oxygens (including phenoxy) is 1. The quantitative estimate of drug-likeness (QED) is 0.421. The van der Waals surface area contributed by atoms with Crippen molar-refractivity contribution in [2.24, 2.45) is 0 Å². The molecule has 0 unspecified atom stereocenters. The number of aliphatic hydroxyl groups excluding tert-OH is 1. The van der Waals surface area contributed by atoms with Gasteiger partial charge in [0.15, 0.2) is 0 Å². The van der Waals surface area contributed by atoms with E-state index in [1.165, 1.54) is 30.2 Å². The summed E-state index contributed by atoms with van der Waals surface area (Å²) in [6, 6.07) is 4.05. The predicted molar refractivity (Wildman–Crippen MR) is 72.4 cm³/mol. The van der Waals surface area contributed by atoms with Crippen molar-refractivity contribution >= 4 is 17.3 Å². The lowest BCUT2D eigenvalue weighted by Gasteiger charge is -2.22. The molecule has 0 fully saturated rings. The maximum Gasteiger partial charge on any atom is 0.292 e. The Kier molecular flexibility index (Phi) is 5.88. The van der Waals surface area contributed by atoms with Gasteiger partial charge < -0.3 is 20.5 Å². The number of methoxy groups -OCH3 is 1. The summed E-state index contributed by atoms with van der Waals surface area (Å²) in [6.07, 6.45) is 0. The molecule has 1 rings (SSSR count). The molecule has 0 heterocycles. The van der Waals surface area contributed by atoms with Gasteiger partial charge in [-0.05, 0) is 6.07 Å². The van der Waals surface area contributed by atoms with Crippen LogP contribution in [-0.4, -0.2) is 54.3 Å². The molecule has 8 heteroatoms. The van der Waals surface area contributed by atoms with E-state index in [9.17, 15) is 14.9 Å². The molecule has 20 heavy (non-hydrogen) atoms. The van der Waals surface area contributed by atoms with Crippen LogP contribution in [0.5, 0.6) is 0 Å². The number of rotatable bonds is 7. The first-order valence-electron chi connectivity index (χ1n) is 5.94.